The minimum absolute atomic E-state index is 0.0512. The van der Waals surface area contributed by atoms with Gasteiger partial charge in [-0.1, -0.05) is 30.3 Å². The van der Waals surface area contributed by atoms with Crippen LogP contribution in [0.2, 0.25) is 0 Å². The molecular weight excluding hydrogens is 250 g/mol. The summed E-state index contributed by atoms with van der Waals surface area (Å²) in [6, 6.07) is 10.6. The van der Waals surface area contributed by atoms with Crippen LogP contribution in [0.1, 0.15) is 21.5 Å². The van der Waals surface area contributed by atoms with Crippen LogP contribution in [-0.2, 0) is 6.61 Å². The van der Waals surface area contributed by atoms with Gasteiger partial charge in [0, 0.05) is 0 Å². The van der Waals surface area contributed by atoms with Crippen molar-refractivity contribution in [3.63, 3.8) is 0 Å². The Bertz CT molecular complexity index is 595. The van der Waals surface area contributed by atoms with E-state index in [1.165, 1.54) is 13.0 Å². The molecule has 2 aromatic carbocycles. The predicted molar refractivity (Wildman–Crippen MR) is 67.3 cm³/mol. The Balaban J connectivity index is 2.28. The van der Waals surface area contributed by atoms with E-state index in [0.717, 1.165) is 5.56 Å². The second-order valence-corrected chi connectivity index (χ2v) is 4.13. The van der Waals surface area contributed by atoms with Gasteiger partial charge in [-0.05, 0) is 24.1 Å². The van der Waals surface area contributed by atoms with Gasteiger partial charge in [0.1, 0.15) is 12.4 Å². The van der Waals surface area contributed by atoms with E-state index in [-0.39, 0.29) is 29.8 Å². The molecule has 19 heavy (non-hydrogen) atoms. The Labute approximate surface area is 109 Å². The van der Waals surface area contributed by atoms with Crippen LogP contribution in [0, 0.1) is 18.6 Å². The predicted octanol–water partition coefficient (Wildman–Crippen LogP) is 3.66. The van der Waals surface area contributed by atoms with Crippen LogP contribution < -0.4 is 4.74 Å². The van der Waals surface area contributed by atoms with Gasteiger partial charge in [-0.25, -0.2) is 8.78 Å². The lowest BCUT2D eigenvalue weighted by Crippen LogP contribution is -2.03. The molecule has 0 radical (unpaired) electrons. The SMILES string of the molecule is Cc1cc(OCc2ccccc2)c(C=O)c(F)c1F. The fourth-order valence-electron chi connectivity index (χ4n) is 1.70. The summed E-state index contributed by atoms with van der Waals surface area (Å²) < 4.78 is 32.3. The number of carbonyl (C=O) groups is 1. The van der Waals surface area contributed by atoms with Gasteiger partial charge in [0.2, 0.25) is 0 Å². The summed E-state index contributed by atoms with van der Waals surface area (Å²) in [6.45, 7) is 1.61. The molecule has 0 heterocycles. The van der Waals surface area contributed by atoms with Gasteiger partial charge >= 0.3 is 0 Å². The van der Waals surface area contributed by atoms with E-state index in [1.807, 2.05) is 30.3 Å². The molecule has 98 valence electrons. The molecule has 0 amide bonds. The average molecular weight is 262 g/mol. The third-order valence-electron chi connectivity index (χ3n) is 2.74. The fraction of sp³-hybridized carbons (Fsp3) is 0.133. The zero-order valence-electron chi connectivity index (χ0n) is 10.3. The summed E-state index contributed by atoms with van der Waals surface area (Å²) in [7, 11) is 0. The number of hydrogen-bond donors (Lipinski definition) is 0. The summed E-state index contributed by atoms with van der Waals surface area (Å²) in [5, 5.41) is 0. The van der Waals surface area contributed by atoms with E-state index in [4.69, 9.17) is 4.74 Å². The van der Waals surface area contributed by atoms with Crippen molar-refractivity contribution >= 4 is 6.29 Å². The normalized spacial score (nSPS) is 10.3. The first-order valence-electron chi connectivity index (χ1n) is 5.74. The minimum atomic E-state index is -1.17. The van der Waals surface area contributed by atoms with Crippen LogP contribution in [0.15, 0.2) is 36.4 Å². The molecule has 0 spiro atoms. The van der Waals surface area contributed by atoms with Crippen molar-refractivity contribution in [1.29, 1.82) is 0 Å². The molecule has 0 saturated carbocycles. The van der Waals surface area contributed by atoms with E-state index in [0.29, 0.717) is 0 Å². The van der Waals surface area contributed by atoms with Crippen LogP contribution in [0.3, 0.4) is 0 Å². The Morgan fingerprint density at radius 2 is 1.84 bits per heavy atom. The average Bonchev–Trinajstić information content (AvgIpc) is 2.44. The molecule has 0 bridgehead atoms. The van der Waals surface area contributed by atoms with Crippen LogP contribution in [0.4, 0.5) is 8.78 Å². The molecule has 2 rings (SSSR count). The standard InChI is InChI=1S/C15H12F2O2/c1-10-7-13(12(8-18)15(17)14(10)16)19-9-11-5-3-2-4-6-11/h2-8H,9H2,1H3. The summed E-state index contributed by atoms with van der Waals surface area (Å²) in [4.78, 5) is 10.8. The molecule has 0 atom stereocenters. The maximum atomic E-state index is 13.6. The minimum Gasteiger partial charge on any atom is -0.488 e. The van der Waals surface area contributed by atoms with Crippen molar-refractivity contribution in [2.75, 3.05) is 0 Å². The highest BCUT2D eigenvalue weighted by Crippen LogP contribution is 2.26. The van der Waals surface area contributed by atoms with Gasteiger partial charge in [-0.15, -0.1) is 0 Å². The lowest BCUT2D eigenvalue weighted by atomic mass is 10.1. The molecule has 0 aliphatic heterocycles. The van der Waals surface area contributed by atoms with Crippen molar-refractivity contribution in [2.24, 2.45) is 0 Å². The number of hydrogen-bond acceptors (Lipinski definition) is 2. The third kappa shape index (κ3) is 2.78. The van der Waals surface area contributed by atoms with Gasteiger partial charge in [0.25, 0.3) is 0 Å². The Morgan fingerprint density at radius 3 is 2.47 bits per heavy atom. The number of aldehydes is 1. The number of halogens is 2. The molecule has 0 fully saturated rings. The molecule has 0 aliphatic rings. The second kappa shape index (κ2) is 5.61. The van der Waals surface area contributed by atoms with Gasteiger partial charge in [0.05, 0.1) is 5.56 Å². The summed E-state index contributed by atoms with van der Waals surface area (Å²) in [5.41, 5.74) is 0.590. The van der Waals surface area contributed by atoms with E-state index in [9.17, 15) is 13.6 Å². The molecule has 0 N–H and O–H groups in total. The molecule has 0 aliphatic carbocycles. The van der Waals surface area contributed by atoms with Gasteiger partial charge < -0.3 is 4.74 Å². The van der Waals surface area contributed by atoms with Gasteiger partial charge in [-0.2, -0.15) is 0 Å². The quantitative estimate of drug-likeness (QED) is 0.786. The second-order valence-electron chi connectivity index (χ2n) is 4.13. The molecule has 2 nitrogen and oxygen atoms in total. The Kier molecular flexibility index (Phi) is 3.90. The number of ether oxygens (including phenoxy) is 1. The van der Waals surface area contributed by atoms with Crippen LogP contribution in [0.25, 0.3) is 0 Å². The Hall–Kier alpha value is -2.23. The van der Waals surface area contributed by atoms with Crippen molar-refractivity contribution in [3.8, 4) is 5.75 Å². The van der Waals surface area contributed by atoms with Crippen molar-refractivity contribution in [1.82, 2.24) is 0 Å². The number of aryl methyl sites for hydroxylation is 1. The molecule has 4 heteroatoms. The summed E-state index contributed by atoms with van der Waals surface area (Å²) >= 11 is 0. The number of rotatable bonds is 4. The summed E-state index contributed by atoms with van der Waals surface area (Å²) in [6.07, 6.45) is 0.262. The summed E-state index contributed by atoms with van der Waals surface area (Å²) in [5.74, 6) is -2.14. The zero-order valence-corrected chi connectivity index (χ0v) is 10.3. The van der Waals surface area contributed by atoms with Gasteiger partial charge in [0.15, 0.2) is 17.9 Å². The lowest BCUT2D eigenvalue weighted by molar-refractivity contribution is 0.111. The molecule has 0 unspecified atom stereocenters. The maximum Gasteiger partial charge on any atom is 0.173 e. The smallest absolute Gasteiger partial charge is 0.173 e. The van der Waals surface area contributed by atoms with Crippen molar-refractivity contribution < 1.29 is 18.3 Å². The molecule has 0 aromatic heterocycles. The van der Waals surface area contributed by atoms with E-state index in [2.05, 4.69) is 0 Å². The van der Waals surface area contributed by atoms with E-state index in [1.54, 1.807) is 0 Å². The lowest BCUT2D eigenvalue weighted by Gasteiger charge is -2.11. The first-order chi connectivity index (χ1) is 9.13. The van der Waals surface area contributed by atoms with Crippen LogP contribution in [-0.4, -0.2) is 6.29 Å². The first kappa shape index (κ1) is 13.2. The van der Waals surface area contributed by atoms with Crippen molar-refractivity contribution in [3.05, 3.63) is 64.7 Å². The first-order valence-corrected chi connectivity index (χ1v) is 5.74. The zero-order chi connectivity index (χ0) is 13.8. The molecule has 0 saturated heterocycles. The van der Waals surface area contributed by atoms with Crippen LogP contribution in [0.5, 0.6) is 5.75 Å². The molecular formula is C15H12F2O2. The highest BCUT2D eigenvalue weighted by Gasteiger charge is 2.17. The van der Waals surface area contributed by atoms with E-state index >= 15 is 0 Å². The van der Waals surface area contributed by atoms with Gasteiger partial charge in [-0.3, -0.25) is 4.79 Å². The van der Waals surface area contributed by atoms with Crippen molar-refractivity contribution in [2.45, 2.75) is 13.5 Å². The van der Waals surface area contributed by atoms with Crippen LogP contribution >= 0.6 is 0 Å². The maximum absolute atomic E-state index is 13.6. The highest BCUT2D eigenvalue weighted by atomic mass is 19.2. The topological polar surface area (TPSA) is 26.3 Å². The number of carbonyl (C=O) groups excluding carboxylic acids is 1. The largest absolute Gasteiger partial charge is 0.488 e. The number of benzene rings is 2. The fourth-order valence-corrected chi connectivity index (χ4v) is 1.70. The Morgan fingerprint density at radius 1 is 1.16 bits per heavy atom. The third-order valence-corrected chi connectivity index (χ3v) is 2.74. The molecule has 2 aromatic rings. The highest BCUT2D eigenvalue weighted by molar-refractivity contribution is 5.80. The van der Waals surface area contributed by atoms with E-state index < -0.39 is 11.6 Å². The monoisotopic (exact) mass is 262 g/mol.